The first-order valence-electron chi connectivity index (χ1n) is 7.33. The summed E-state index contributed by atoms with van der Waals surface area (Å²) < 4.78 is 43.6. The molecule has 0 saturated heterocycles. The van der Waals surface area contributed by atoms with E-state index in [1.54, 1.807) is 12.1 Å². The molecule has 2 aromatic carbocycles. The second-order valence-corrected chi connectivity index (χ2v) is 5.24. The third-order valence-electron chi connectivity index (χ3n) is 3.11. The van der Waals surface area contributed by atoms with E-state index < -0.39 is 23.6 Å². The number of hydrogen-bond acceptors (Lipinski definition) is 3. The van der Waals surface area contributed by atoms with E-state index in [4.69, 9.17) is 9.84 Å². The third-order valence-corrected chi connectivity index (χ3v) is 3.11. The Morgan fingerprint density at radius 3 is 2.27 bits per heavy atom. The van der Waals surface area contributed by atoms with E-state index in [-0.39, 0.29) is 17.2 Å². The molecule has 2 aromatic rings. The number of carbonyl (C=O) groups excluding carboxylic acids is 1. The standard InChI is InChI=1S/C18H14F3NO4/c1-11(23)22-16(17(24)25)9-12-4-2-6-14(8-12)26-15-7-3-5-13(10-15)18(19,20)21/h2-10H,1H3,(H,22,23)(H,24,25)/b16-9-. The quantitative estimate of drug-likeness (QED) is 0.784. The van der Waals surface area contributed by atoms with Gasteiger partial charge in [0.2, 0.25) is 5.91 Å². The summed E-state index contributed by atoms with van der Waals surface area (Å²) >= 11 is 0. The van der Waals surface area contributed by atoms with Crippen molar-refractivity contribution in [2.24, 2.45) is 0 Å². The van der Waals surface area contributed by atoms with Gasteiger partial charge in [0, 0.05) is 6.92 Å². The Morgan fingerprint density at radius 2 is 1.69 bits per heavy atom. The molecule has 0 aliphatic rings. The predicted octanol–water partition coefficient (Wildman–Crippen LogP) is 4.06. The zero-order chi connectivity index (χ0) is 19.3. The molecule has 0 bridgehead atoms. The van der Waals surface area contributed by atoms with Crippen molar-refractivity contribution in [3.05, 3.63) is 65.4 Å². The van der Waals surface area contributed by atoms with Gasteiger partial charge in [-0.15, -0.1) is 0 Å². The number of benzene rings is 2. The van der Waals surface area contributed by atoms with Crippen molar-refractivity contribution in [3.63, 3.8) is 0 Å². The van der Waals surface area contributed by atoms with E-state index in [1.807, 2.05) is 0 Å². The van der Waals surface area contributed by atoms with Crippen LogP contribution in [0.1, 0.15) is 18.1 Å². The summed E-state index contributed by atoms with van der Waals surface area (Å²) in [6, 6.07) is 10.4. The summed E-state index contributed by atoms with van der Waals surface area (Å²) in [5.41, 5.74) is -0.792. The second-order valence-electron chi connectivity index (χ2n) is 5.24. The SMILES string of the molecule is CC(=O)N/C(=C\c1cccc(Oc2cccc(C(F)(F)F)c2)c1)C(=O)O. The van der Waals surface area contributed by atoms with E-state index >= 15 is 0 Å². The van der Waals surface area contributed by atoms with Crippen LogP contribution >= 0.6 is 0 Å². The molecule has 0 saturated carbocycles. The molecule has 0 spiro atoms. The monoisotopic (exact) mass is 365 g/mol. The molecule has 2 rings (SSSR count). The van der Waals surface area contributed by atoms with Crippen LogP contribution in [0, 0.1) is 0 Å². The highest BCUT2D eigenvalue weighted by atomic mass is 19.4. The lowest BCUT2D eigenvalue weighted by atomic mass is 10.1. The van der Waals surface area contributed by atoms with Gasteiger partial charge in [0.1, 0.15) is 17.2 Å². The van der Waals surface area contributed by atoms with Crippen molar-refractivity contribution in [2.45, 2.75) is 13.1 Å². The highest BCUT2D eigenvalue weighted by Crippen LogP contribution is 2.32. The number of carboxylic acid groups (broad SMARTS) is 1. The van der Waals surface area contributed by atoms with E-state index in [2.05, 4.69) is 5.32 Å². The molecule has 0 aliphatic carbocycles. The summed E-state index contributed by atoms with van der Waals surface area (Å²) in [6.45, 7) is 1.17. The zero-order valence-corrected chi connectivity index (χ0v) is 13.5. The number of halogens is 3. The van der Waals surface area contributed by atoms with E-state index in [0.717, 1.165) is 12.1 Å². The fraction of sp³-hybridized carbons (Fsp3) is 0.111. The minimum atomic E-state index is -4.49. The Kier molecular flexibility index (Phi) is 5.66. The van der Waals surface area contributed by atoms with Gasteiger partial charge in [-0.1, -0.05) is 18.2 Å². The molecule has 5 nitrogen and oxygen atoms in total. The van der Waals surface area contributed by atoms with Crippen molar-refractivity contribution in [1.82, 2.24) is 5.32 Å². The van der Waals surface area contributed by atoms with E-state index in [9.17, 15) is 22.8 Å². The fourth-order valence-corrected chi connectivity index (χ4v) is 2.05. The highest BCUT2D eigenvalue weighted by Gasteiger charge is 2.30. The highest BCUT2D eigenvalue weighted by molar-refractivity contribution is 5.96. The largest absolute Gasteiger partial charge is 0.477 e. The van der Waals surface area contributed by atoms with Crippen LogP contribution in [0.4, 0.5) is 13.2 Å². The number of nitrogens with one attached hydrogen (secondary N) is 1. The summed E-state index contributed by atoms with van der Waals surface area (Å²) in [5.74, 6) is -1.67. The number of carboxylic acids is 1. The number of ether oxygens (including phenoxy) is 1. The van der Waals surface area contributed by atoms with Crippen molar-refractivity contribution < 1.29 is 32.6 Å². The smallest absolute Gasteiger partial charge is 0.416 e. The Hall–Kier alpha value is -3.29. The van der Waals surface area contributed by atoms with Gasteiger partial charge in [0.25, 0.3) is 0 Å². The van der Waals surface area contributed by atoms with Crippen LogP contribution in [0.2, 0.25) is 0 Å². The van der Waals surface area contributed by atoms with Crippen molar-refractivity contribution in [3.8, 4) is 11.5 Å². The van der Waals surface area contributed by atoms with Crippen LogP contribution < -0.4 is 10.1 Å². The van der Waals surface area contributed by atoms with Crippen LogP contribution in [-0.4, -0.2) is 17.0 Å². The molecule has 8 heteroatoms. The minimum absolute atomic E-state index is 0.0127. The van der Waals surface area contributed by atoms with Crippen LogP contribution in [0.15, 0.2) is 54.2 Å². The number of rotatable bonds is 5. The lowest BCUT2D eigenvalue weighted by Crippen LogP contribution is -2.24. The van der Waals surface area contributed by atoms with E-state index in [0.29, 0.717) is 5.56 Å². The lowest BCUT2D eigenvalue weighted by molar-refractivity contribution is -0.137. The first-order chi connectivity index (χ1) is 12.1. The topological polar surface area (TPSA) is 75.6 Å². The molecule has 0 atom stereocenters. The number of aliphatic carboxylic acids is 1. The third kappa shape index (κ3) is 5.37. The maximum absolute atomic E-state index is 12.7. The number of alkyl halides is 3. The second kappa shape index (κ2) is 7.73. The number of amides is 1. The average molecular weight is 365 g/mol. The van der Waals surface area contributed by atoms with E-state index in [1.165, 1.54) is 37.3 Å². The van der Waals surface area contributed by atoms with Gasteiger partial charge in [0.05, 0.1) is 5.56 Å². The van der Waals surface area contributed by atoms with Crippen LogP contribution in [0.25, 0.3) is 6.08 Å². The van der Waals surface area contributed by atoms with Crippen molar-refractivity contribution in [2.75, 3.05) is 0 Å². The molecule has 0 aliphatic heterocycles. The molecule has 0 unspecified atom stereocenters. The number of hydrogen-bond donors (Lipinski definition) is 2. The zero-order valence-electron chi connectivity index (χ0n) is 13.5. The fourth-order valence-electron chi connectivity index (χ4n) is 2.05. The Bertz CT molecular complexity index is 860. The summed E-state index contributed by atoms with van der Waals surface area (Å²) in [7, 11) is 0. The Balaban J connectivity index is 2.27. The predicted molar refractivity (Wildman–Crippen MR) is 87.4 cm³/mol. The molecule has 26 heavy (non-hydrogen) atoms. The molecule has 0 fully saturated rings. The molecule has 1 amide bonds. The van der Waals surface area contributed by atoms with Crippen LogP contribution in [0.5, 0.6) is 11.5 Å². The minimum Gasteiger partial charge on any atom is -0.477 e. The molecular formula is C18H14F3NO4. The lowest BCUT2D eigenvalue weighted by Gasteiger charge is -2.10. The molecule has 2 N–H and O–H groups in total. The normalized spacial score (nSPS) is 11.8. The molecule has 0 aromatic heterocycles. The van der Waals surface area contributed by atoms with Gasteiger partial charge in [0.15, 0.2) is 0 Å². The molecular weight excluding hydrogens is 351 g/mol. The van der Waals surface area contributed by atoms with Crippen LogP contribution in [-0.2, 0) is 15.8 Å². The summed E-state index contributed by atoms with van der Waals surface area (Å²) in [4.78, 5) is 22.2. The maximum Gasteiger partial charge on any atom is 0.416 e. The molecule has 0 radical (unpaired) electrons. The van der Waals surface area contributed by atoms with Gasteiger partial charge in [-0.25, -0.2) is 4.79 Å². The van der Waals surface area contributed by atoms with Crippen molar-refractivity contribution in [1.29, 1.82) is 0 Å². The van der Waals surface area contributed by atoms with Gasteiger partial charge in [-0.3, -0.25) is 4.79 Å². The average Bonchev–Trinajstić information content (AvgIpc) is 2.53. The molecule has 0 heterocycles. The summed E-state index contributed by atoms with van der Waals surface area (Å²) in [6.07, 6.45) is -3.28. The van der Waals surface area contributed by atoms with Gasteiger partial charge in [-0.05, 0) is 42.0 Å². The van der Waals surface area contributed by atoms with Gasteiger partial charge >= 0.3 is 12.1 Å². The number of carbonyl (C=O) groups is 2. The van der Waals surface area contributed by atoms with Gasteiger partial charge < -0.3 is 15.2 Å². The van der Waals surface area contributed by atoms with Crippen LogP contribution in [0.3, 0.4) is 0 Å². The Morgan fingerprint density at radius 1 is 1.08 bits per heavy atom. The first-order valence-corrected chi connectivity index (χ1v) is 7.33. The first kappa shape index (κ1) is 19.0. The summed E-state index contributed by atoms with van der Waals surface area (Å²) in [5, 5.41) is 11.3. The Labute approximate surface area is 146 Å². The van der Waals surface area contributed by atoms with Crippen molar-refractivity contribution >= 4 is 18.0 Å². The van der Waals surface area contributed by atoms with Gasteiger partial charge in [-0.2, -0.15) is 13.2 Å². The maximum atomic E-state index is 12.7. The molecule has 136 valence electrons.